The van der Waals surface area contributed by atoms with Gasteiger partial charge in [-0.05, 0) is 49.8 Å². The predicted octanol–water partition coefficient (Wildman–Crippen LogP) is 3.58. The molecular weight excluding hydrogens is 333 g/mol. The summed E-state index contributed by atoms with van der Waals surface area (Å²) in [5, 5.41) is 2.94. The maximum Gasteiger partial charge on any atom is 0.262 e. The van der Waals surface area contributed by atoms with Gasteiger partial charge in [-0.1, -0.05) is 18.5 Å². The average molecular weight is 350 g/mol. The molecule has 1 amide bonds. The Kier molecular flexibility index (Phi) is 5.17. The van der Waals surface area contributed by atoms with Crippen LogP contribution in [0, 0.1) is 5.92 Å². The number of amides is 1. The number of carbonyl (C=O) groups is 1. The van der Waals surface area contributed by atoms with Gasteiger partial charge in [-0.25, -0.2) is 8.42 Å². The van der Waals surface area contributed by atoms with Crippen LogP contribution in [0.5, 0.6) is 0 Å². The average Bonchev–Trinajstić information content (AvgIpc) is 2.40. The first-order chi connectivity index (χ1) is 9.77. The maximum atomic E-state index is 12.2. The smallest absolute Gasteiger partial charge is 0.262 e. The van der Waals surface area contributed by atoms with E-state index in [0.29, 0.717) is 5.92 Å². The number of nitrogens with one attached hydrogen (secondary N) is 1. The summed E-state index contributed by atoms with van der Waals surface area (Å²) in [4.78, 5) is 12.0. The summed E-state index contributed by atoms with van der Waals surface area (Å²) in [6.07, 6.45) is 4.07. The zero-order valence-corrected chi connectivity index (χ0v) is 13.9. The van der Waals surface area contributed by atoms with Crippen molar-refractivity contribution in [2.45, 2.75) is 43.5 Å². The fraction of sp³-hybridized carbons (Fsp3) is 0.500. The monoisotopic (exact) mass is 349 g/mol. The second kappa shape index (κ2) is 6.55. The summed E-state index contributed by atoms with van der Waals surface area (Å²) < 4.78 is 22.8. The van der Waals surface area contributed by atoms with Crippen LogP contribution in [-0.4, -0.2) is 20.4 Å². The molecule has 0 spiro atoms. The Morgan fingerprint density at radius 3 is 2.43 bits per heavy atom. The minimum atomic E-state index is -3.97. The third-order valence-electron chi connectivity index (χ3n) is 3.81. The summed E-state index contributed by atoms with van der Waals surface area (Å²) in [6, 6.07) is 4.22. The first-order valence-electron chi connectivity index (χ1n) is 6.82. The zero-order chi connectivity index (χ0) is 15.6. The lowest BCUT2D eigenvalue weighted by molar-refractivity contribution is 0.0923. The largest absolute Gasteiger partial charge is 0.349 e. The molecule has 1 saturated carbocycles. The van der Waals surface area contributed by atoms with E-state index in [2.05, 4.69) is 12.2 Å². The van der Waals surface area contributed by atoms with E-state index in [9.17, 15) is 13.2 Å². The normalized spacial score (nSPS) is 22.8. The van der Waals surface area contributed by atoms with Gasteiger partial charge in [0.2, 0.25) is 0 Å². The molecule has 0 heterocycles. The molecule has 7 heteroatoms. The molecule has 1 N–H and O–H groups in total. The number of benzene rings is 1. The quantitative estimate of drug-likeness (QED) is 0.848. The van der Waals surface area contributed by atoms with E-state index in [-0.39, 0.29) is 27.4 Å². The summed E-state index contributed by atoms with van der Waals surface area (Å²) in [7, 11) is 1.33. The van der Waals surface area contributed by atoms with Crippen LogP contribution in [-0.2, 0) is 9.05 Å². The molecule has 116 valence electrons. The highest BCUT2D eigenvalue weighted by molar-refractivity contribution is 8.13. The molecule has 1 aromatic carbocycles. The third-order valence-corrected chi connectivity index (χ3v) is 5.61. The van der Waals surface area contributed by atoms with E-state index < -0.39 is 9.05 Å². The maximum absolute atomic E-state index is 12.2. The van der Waals surface area contributed by atoms with E-state index in [0.717, 1.165) is 25.7 Å². The predicted molar refractivity (Wildman–Crippen MR) is 83.4 cm³/mol. The van der Waals surface area contributed by atoms with Crippen LogP contribution in [0.25, 0.3) is 0 Å². The van der Waals surface area contributed by atoms with Crippen LogP contribution in [0.4, 0.5) is 0 Å². The van der Waals surface area contributed by atoms with Crippen molar-refractivity contribution < 1.29 is 13.2 Å². The molecule has 0 unspecified atom stereocenters. The van der Waals surface area contributed by atoms with Crippen molar-refractivity contribution >= 4 is 37.2 Å². The Morgan fingerprint density at radius 2 is 1.86 bits per heavy atom. The van der Waals surface area contributed by atoms with E-state index in [1.807, 2.05) is 0 Å². The zero-order valence-electron chi connectivity index (χ0n) is 11.6. The van der Waals surface area contributed by atoms with Crippen molar-refractivity contribution in [3.8, 4) is 0 Å². The van der Waals surface area contributed by atoms with Crippen molar-refractivity contribution in [3.05, 3.63) is 28.8 Å². The lowest BCUT2D eigenvalue weighted by Crippen LogP contribution is -2.37. The summed E-state index contributed by atoms with van der Waals surface area (Å²) >= 11 is 5.80. The molecule has 0 saturated heterocycles. The fourth-order valence-corrected chi connectivity index (χ4v) is 4.00. The number of rotatable bonds is 3. The summed E-state index contributed by atoms with van der Waals surface area (Å²) in [6.45, 7) is 2.20. The molecule has 21 heavy (non-hydrogen) atoms. The Bertz CT molecular complexity index is 638. The molecule has 4 nitrogen and oxygen atoms in total. The fourth-order valence-electron chi connectivity index (χ4n) is 2.50. The van der Waals surface area contributed by atoms with Gasteiger partial charge in [-0.3, -0.25) is 4.79 Å². The molecular formula is C14H17Cl2NO3S. The van der Waals surface area contributed by atoms with Gasteiger partial charge in [0, 0.05) is 22.3 Å². The molecule has 1 aliphatic rings. The van der Waals surface area contributed by atoms with E-state index in [4.69, 9.17) is 22.3 Å². The molecule has 2 rings (SSSR count). The molecule has 0 aliphatic heterocycles. The minimum absolute atomic E-state index is 0.00745. The van der Waals surface area contributed by atoms with E-state index >= 15 is 0 Å². The molecule has 0 radical (unpaired) electrons. The topological polar surface area (TPSA) is 63.2 Å². The molecule has 1 aromatic rings. The minimum Gasteiger partial charge on any atom is -0.349 e. The molecule has 1 aliphatic carbocycles. The van der Waals surface area contributed by atoms with Crippen molar-refractivity contribution in [2.75, 3.05) is 0 Å². The van der Waals surface area contributed by atoms with Gasteiger partial charge in [0.15, 0.2) is 0 Å². The van der Waals surface area contributed by atoms with Crippen molar-refractivity contribution in [1.29, 1.82) is 0 Å². The van der Waals surface area contributed by atoms with Crippen LogP contribution in [0.2, 0.25) is 5.02 Å². The Labute approximate surface area is 134 Å². The number of halogens is 2. The van der Waals surface area contributed by atoms with Crippen LogP contribution in [0.15, 0.2) is 23.1 Å². The third kappa shape index (κ3) is 4.34. The van der Waals surface area contributed by atoms with Crippen LogP contribution >= 0.6 is 22.3 Å². The second-order valence-electron chi connectivity index (χ2n) is 5.51. The van der Waals surface area contributed by atoms with Crippen molar-refractivity contribution in [2.24, 2.45) is 5.92 Å². The van der Waals surface area contributed by atoms with Gasteiger partial charge in [-0.2, -0.15) is 0 Å². The van der Waals surface area contributed by atoms with Crippen LogP contribution < -0.4 is 5.32 Å². The number of hydrogen-bond donors (Lipinski definition) is 1. The van der Waals surface area contributed by atoms with Gasteiger partial charge >= 0.3 is 0 Å². The highest BCUT2D eigenvalue weighted by Crippen LogP contribution is 2.27. The van der Waals surface area contributed by atoms with Crippen LogP contribution in [0.3, 0.4) is 0 Å². The van der Waals surface area contributed by atoms with Gasteiger partial charge in [0.1, 0.15) is 4.90 Å². The summed E-state index contributed by atoms with van der Waals surface area (Å²) in [5.41, 5.74) is 0.247. The van der Waals surface area contributed by atoms with Gasteiger partial charge in [-0.15, -0.1) is 0 Å². The lowest BCUT2D eigenvalue weighted by atomic mass is 9.87. The SMILES string of the molecule is CC1CCC(NC(=O)c2ccc(Cl)c(S(=O)(=O)Cl)c2)CC1. The van der Waals surface area contributed by atoms with Gasteiger partial charge in [0.05, 0.1) is 5.02 Å². The van der Waals surface area contributed by atoms with E-state index in [1.165, 1.54) is 18.2 Å². The van der Waals surface area contributed by atoms with Gasteiger partial charge in [0.25, 0.3) is 15.0 Å². The van der Waals surface area contributed by atoms with Crippen LogP contribution in [0.1, 0.15) is 43.0 Å². The number of hydrogen-bond acceptors (Lipinski definition) is 3. The van der Waals surface area contributed by atoms with Crippen molar-refractivity contribution in [1.82, 2.24) is 5.32 Å². The van der Waals surface area contributed by atoms with Gasteiger partial charge < -0.3 is 5.32 Å². The Hall–Kier alpha value is -0.780. The first-order valence-corrected chi connectivity index (χ1v) is 9.51. The Balaban J connectivity index is 2.13. The number of carbonyl (C=O) groups excluding carboxylic acids is 1. The molecule has 0 aromatic heterocycles. The Morgan fingerprint density at radius 1 is 1.24 bits per heavy atom. The highest BCUT2D eigenvalue weighted by atomic mass is 35.7. The molecule has 0 bridgehead atoms. The molecule has 1 fully saturated rings. The first kappa shape index (κ1) is 16.6. The summed E-state index contributed by atoms with van der Waals surface area (Å²) in [5.74, 6) is 0.398. The highest BCUT2D eigenvalue weighted by Gasteiger charge is 2.22. The lowest BCUT2D eigenvalue weighted by Gasteiger charge is -2.26. The standard InChI is InChI=1S/C14H17Cl2NO3S/c1-9-2-5-11(6-3-9)17-14(18)10-4-7-12(15)13(8-10)21(16,19)20/h4,7-9,11H,2-3,5-6H2,1H3,(H,17,18). The molecule has 0 atom stereocenters. The second-order valence-corrected chi connectivity index (χ2v) is 8.45. The van der Waals surface area contributed by atoms with Crippen molar-refractivity contribution in [3.63, 3.8) is 0 Å². The van der Waals surface area contributed by atoms with E-state index in [1.54, 1.807) is 0 Å².